The quantitative estimate of drug-likeness (QED) is 0.171. The van der Waals surface area contributed by atoms with Crippen LogP contribution >= 0.6 is 0 Å². The number of rotatable bonds is 4. The monoisotopic (exact) mass is 680 g/mol. The Labute approximate surface area is 294 Å². The Hall–Kier alpha value is -6.18. The van der Waals surface area contributed by atoms with Gasteiger partial charge >= 0.3 is 19.5 Å². The third kappa shape index (κ3) is 5.50. The van der Waals surface area contributed by atoms with Gasteiger partial charge < -0.3 is 9.97 Å². The molecule has 2 aliphatic rings. The van der Waals surface area contributed by atoms with Crippen molar-refractivity contribution in [1.82, 2.24) is 39.9 Å². The molecule has 0 fully saturated rings. The van der Waals surface area contributed by atoms with Crippen molar-refractivity contribution < 1.29 is 19.5 Å². The van der Waals surface area contributed by atoms with Crippen molar-refractivity contribution in [2.24, 2.45) is 0 Å². The van der Waals surface area contributed by atoms with E-state index in [4.69, 9.17) is 19.9 Å². The molecule has 0 saturated carbocycles. The molecule has 0 unspecified atom stereocenters. The van der Waals surface area contributed by atoms with Gasteiger partial charge in [-0.25, -0.2) is 9.97 Å². The molecule has 0 atom stereocenters. The molecule has 0 aromatic carbocycles. The molecule has 8 nitrogen and oxygen atoms in total. The Morgan fingerprint density at radius 1 is 0.306 bits per heavy atom. The molecular weight excluding hydrogens is 658 g/mol. The van der Waals surface area contributed by atoms with Gasteiger partial charge in [-0.15, -0.1) is 22.1 Å². The van der Waals surface area contributed by atoms with Crippen LogP contribution in [0.15, 0.2) is 122 Å². The van der Waals surface area contributed by atoms with E-state index in [0.717, 1.165) is 89.4 Å². The molecule has 49 heavy (non-hydrogen) atoms. The summed E-state index contributed by atoms with van der Waals surface area (Å²) in [5.41, 5.74) is 13.9. The molecule has 7 aromatic rings. The average Bonchev–Trinajstić information content (AvgIpc) is 3.98. The minimum atomic E-state index is 0. The van der Waals surface area contributed by atoms with E-state index in [-0.39, 0.29) is 19.5 Å². The van der Waals surface area contributed by atoms with Gasteiger partial charge in [-0.1, -0.05) is 24.3 Å². The Morgan fingerprint density at radius 3 is 0.755 bits per heavy atom. The maximum Gasteiger partial charge on any atom is 2.00 e. The van der Waals surface area contributed by atoms with Crippen LogP contribution in [0.3, 0.4) is 0 Å². The van der Waals surface area contributed by atoms with Crippen molar-refractivity contribution in [3.63, 3.8) is 0 Å². The van der Waals surface area contributed by atoms with Crippen molar-refractivity contribution in [1.29, 1.82) is 0 Å². The second-order valence-corrected chi connectivity index (χ2v) is 11.3. The summed E-state index contributed by atoms with van der Waals surface area (Å²) in [6.07, 6.45) is 22.5. The van der Waals surface area contributed by atoms with E-state index in [2.05, 4.69) is 68.5 Å². The fourth-order valence-corrected chi connectivity index (χ4v) is 6.34. The molecule has 7 aromatic heterocycles. The zero-order valence-corrected chi connectivity index (χ0v) is 29.1. The number of nitrogens with zero attached hydrogens (tertiary/aromatic N) is 8. The van der Waals surface area contributed by atoms with Crippen LogP contribution in [0.5, 0.6) is 0 Å². The molecule has 226 valence electrons. The van der Waals surface area contributed by atoms with Crippen molar-refractivity contribution in [2.45, 2.75) is 0 Å². The molecule has 9 heterocycles. The summed E-state index contributed by atoms with van der Waals surface area (Å²) in [7, 11) is 0. The SMILES string of the molecule is C1=Cc2nc1c(-c1ccncc1)c1ccc([n-]1)c(-c1ccncc1)c1nc(c(-c3ccncc3)c3ccc([n-]3)c2-c2ccncc2)C=C1.[Zn+2]. The minimum Gasteiger partial charge on any atom is -0.657 e. The third-order valence-corrected chi connectivity index (χ3v) is 8.49. The number of fused-ring (bicyclic) bond motifs is 8. The predicted molar refractivity (Wildman–Crippen MR) is 190 cm³/mol. The molecule has 0 amide bonds. The summed E-state index contributed by atoms with van der Waals surface area (Å²) in [5.74, 6) is 0. The molecule has 0 N–H and O–H groups in total. The van der Waals surface area contributed by atoms with Gasteiger partial charge in [-0.3, -0.25) is 19.9 Å². The van der Waals surface area contributed by atoms with Crippen LogP contribution in [0.25, 0.3) is 90.9 Å². The van der Waals surface area contributed by atoms with E-state index in [1.807, 2.05) is 48.5 Å². The average molecular weight is 682 g/mol. The fraction of sp³-hybridized carbons (Fsp3) is 0. The first-order valence-corrected chi connectivity index (χ1v) is 15.5. The fourth-order valence-electron chi connectivity index (χ4n) is 6.34. The normalized spacial score (nSPS) is 11.8. The van der Waals surface area contributed by atoms with Crippen molar-refractivity contribution >= 4 is 46.4 Å². The number of hydrogen-bond acceptors (Lipinski definition) is 6. The Bertz CT molecular complexity index is 2190. The van der Waals surface area contributed by atoms with E-state index in [9.17, 15) is 0 Å². The first kappa shape index (κ1) is 30.2. The van der Waals surface area contributed by atoms with E-state index in [0.29, 0.717) is 0 Å². The van der Waals surface area contributed by atoms with Gasteiger partial charge in [0.25, 0.3) is 0 Å². The van der Waals surface area contributed by atoms with E-state index < -0.39 is 0 Å². The molecule has 8 bridgehead atoms. The summed E-state index contributed by atoms with van der Waals surface area (Å²) in [6, 6.07) is 24.1. The molecule has 0 saturated heterocycles. The Morgan fingerprint density at radius 2 is 0.531 bits per heavy atom. The summed E-state index contributed by atoms with van der Waals surface area (Å²) < 4.78 is 0. The predicted octanol–water partition coefficient (Wildman–Crippen LogP) is 8.16. The van der Waals surface area contributed by atoms with Crippen molar-refractivity contribution in [2.75, 3.05) is 0 Å². The number of hydrogen-bond donors (Lipinski definition) is 0. The van der Waals surface area contributed by atoms with E-state index in [1.165, 1.54) is 0 Å². The van der Waals surface area contributed by atoms with E-state index >= 15 is 0 Å². The van der Waals surface area contributed by atoms with Crippen LogP contribution in [0, 0.1) is 0 Å². The topological polar surface area (TPSA) is 106 Å². The largest absolute Gasteiger partial charge is 2.00 e. The zero-order valence-electron chi connectivity index (χ0n) is 26.1. The molecular formula is C40H24N8Zn. The Kier molecular flexibility index (Phi) is 7.88. The van der Waals surface area contributed by atoms with E-state index in [1.54, 1.807) is 49.6 Å². The number of pyridine rings is 4. The second kappa shape index (κ2) is 12.8. The first-order chi connectivity index (χ1) is 23.8. The Balaban J connectivity index is 0.00000348. The van der Waals surface area contributed by atoms with Crippen molar-refractivity contribution in [3.8, 4) is 44.5 Å². The molecule has 2 aliphatic heterocycles. The zero-order chi connectivity index (χ0) is 31.9. The molecule has 0 spiro atoms. The smallest absolute Gasteiger partial charge is 0.657 e. The van der Waals surface area contributed by atoms with Crippen LogP contribution in [0.4, 0.5) is 0 Å². The standard InChI is InChI=1S/C40H24N8.Zn/c1-2-30-38(26-11-19-42-20-12-26)32-5-6-34(47-32)40(28-15-23-44-24-16-28)36-8-7-35(48-36)39(27-13-21-43-22-14-27)33-4-3-31(46-33)37(29(1)45-30)25-9-17-41-18-10-25;/h1-24H;/q-2;+2. The molecule has 0 radical (unpaired) electrons. The third-order valence-electron chi connectivity index (χ3n) is 8.49. The van der Waals surface area contributed by atoms with Crippen LogP contribution in [-0.4, -0.2) is 29.9 Å². The molecule has 0 aliphatic carbocycles. The van der Waals surface area contributed by atoms with Crippen LogP contribution < -0.4 is 9.97 Å². The van der Waals surface area contributed by atoms with Crippen LogP contribution in [-0.2, 0) is 19.5 Å². The van der Waals surface area contributed by atoms with Gasteiger partial charge in [0.05, 0.1) is 22.8 Å². The molecule has 9 heteroatoms. The van der Waals surface area contributed by atoms with Gasteiger partial charge in [0, 0.05) is 49.6 Å². The first-order valence-electron chi connectivity index (χ1n) is 15.5. The summed E-state index contributed by atoms with van der Waals surface area (Å²) in [6.45, 7) is 0. The van der Waals surface area contributed by atoms with Gasteiger partial charge in [-0.2, -0.15) is 0 Å². The maximum atomic E-state index is 5.25. The summed E-state index contributed by atoms with van der Waals surface area (Å²) >= 11 is 0. The van der Waals surface area contributed by atoms with Gasteiger partial charge in [0.2, 0.25) is 0 Å². The minimum absolute atomic E-state index is 0. The van der Waals surface area contributed by atoms with Gasteiger partial charge in [0.15, 0.2) is 0 Å². The number of aromatic nitrogens is 8. The summed E-state index contributed by atoms with van der Waals surface area (Å²) in [5, 5.41) is 0. The molecule has 9 rings (SSSR count). The second-order valence-electron chi connectivity index (χ2n) is 11.3. The van der Waals surface area contributed by atoms with Crippen molar-refractivity contribution in [3.05, 3.63) is 145 Å². The summed E-state index contributed by atoms with van der Waals surface area (Å²) in [4.78, 5) is 38.1. The van der Waals surface area contributed by atoms with Gasteiger partial charge in [-0.05, 0) is 117 Å². The van der Waals surface area contributed by atoms with Crippen LogP contribution in [0.1, 0.15) is 22.8 Å². The maximum absolute atomic E-state index is 5.25. The van der Waals surface area contributed by atoms with Gasteiger partial charge in [0.1, 0.15) is 0 Å². The van der Waals surface area contributed by atoms with Crippen LogP contribution in [0.2, 0.25) is 0 Å².